The molecule has 0 saturated heterocycles. The molecule has 0 aliphatic rings. The van der Waals surface area contributed by atoms with E-state index in [-0.39, 0.29) is 11.6 Å². The third kappa shape index (κ3) is 1.85. The molecule has 0 bridgehead atoms. The molecule has 0 saturated carbocycles. The number of rotatable bonds is 2. The van der Waals surface area contributed by atoms with Gasteiger partial charge in [-0.3, -0.25) is 9.78 Å². The van der Waals surface area contributed by atoms with Crippen LogP contribution < -0.4 is 5.32 Å². The average molecular weight is 165 g/mol. The normalized spacial score (nSPS) is 9.08. The Morgan fingerprint density at radius 1 is 1.67 bits per heavy atom. The molecule has 12 heavy (non-hydrogen) atoms. The van der Waals surface area contributed by atoms with E-state index < -0.39 is 0 Å². The summed E-state index contributed by atoms with van der Waals surface area (Å²) in [4.78, 5) is 24.5. The highest BCUT2D eigenvalue weighted by atomic mass is 16.3. The van der Waals surface area contributed by atoms with Crippen molar-refractivity contribution in [3.8, 4) is 0 Å². The number of hydrogen-bond acceptors (Lipinski definition) is 4. The minimum absolute atomic E-state index is 0.132. The first-order valence-electron chi connectivity index (χ1n) is 3.29. The van der Waals surface area contributed by atoms with Crippen molar-refractivity contribution in [1.82, 2.24) is 4.98 Å². The molecular formula is C7H7N3O2. The Morgan fingerprint density at radius 2 is 2.42 bits per heavy atom. The van der Waals surface area contributed by atoms with E-state index in [0.717, 1.165) is 0 Å². The standard InChI is InChI=1S/C7H7N3O2/c1-5(11)9-6-2-3-8-4-7(6)10-12/h2-4H,1H3,(H,8,9,11). The monoisotopic (exact) mass is 165 g/mol. The van der Waals surface area contributed by atoms with E-state index in [4.69, 9.17) is 0 Å². The molecule has 1 aromatic heterocycles. The van der Waals surface area contributed by atoms with Crippen LogP contribution in [0.2, 0.25) is 0 Å². The average Bonchev–Trinajstić information content (AvgIpc) is 2.04. The van der Waals surface area contributed by atoms with Crippen LogP contribution in [0.4, 0.5) is 11.4 Å². The smallest absolute Gasteiger partial charge is 0.221 e. The first kappa shape index (κ1) is 8.32. The van der Waals surface area contributed by atoms with E-state index in [1.807, 2.05) is 0 Å². The highest BCUT2D eigenvalue weighted by Crippen LogP contribution is 2.21. The Balaban J connectivity index is 2.96. The van der Waals surface area contributed by atoms with Gasteiger partial charge in [0.2, 0.25) is 5.91 Å². The molecule has 0 aliphatic heterocycles. The quantitative estimate of drug-likeness (QED) is 0.674. The third-order valence-electron chi connectivity index (χ3n) is 1.21. The third-order valence-corrected chi connectivity index (χ3v) is 1.21. The molecule has 1 heterocycles. The minimum Gasteiger partial charge on any atom is -0.324 e. The maximum Gasteiger partial charge on any atom is 0.221 e. The molecule has 0 spiro atoms. The number of amides is 1. The van der Waals surface area contributed by atoms with Crippen LogP contribution in [0.5, 0.6) is 0 Å². The van der Waals surface area contributed by atoms with Gasteiger partial charge in [-0.05, 0) is 11.2 Å². The highest BCUT2D eigenvalue weighted by molar-refractivity contribution is 5.91. The molecule has 0 fully saturated rings. The lowest BCUT2D eigenvalue weighted by Crippen LogP contribution is -2.05. The van der Waals surface area contributed by atoms with Gasteiger partial charge in [0.15, 0.2) is 0 Å². The number of nitrogens with zero attached hydrogens (tertiary/aromatic N) is 2. The molecule has 5 heteroatoms. The van der Waals surface area contributed by atoms with Crippen LogP contribution in [-0.4, -0.2) is 10.9 Å². The summed E-state index contributed by atoms with van der Waals surface area (Å²) in [5, 5.41) is 5.15. The number of hydrogen-bond donors (Lipinski definition) is 1. The van der Waals surface area contributed by atoms with Gasteiger partial charge >= 0.3 is 0 Å². The first-order valence-corrected chi connectivity index (χ1v) is 3.29. The Labute approximate surface area is 68.8 Å². The Hall–Kier alpha value is -1.78. The minimum atomic E-state index is -0.244. The number of carbonyl (C=O) groups excluding carboxylic acids is 1. The van der Waals surface area contributed by atoms with Gasteiger partial charge in [0.25, 0.3) is 0 Å². The zero-order valence-corrected chi connectivity index (χ0v) is 6.44. The molecule has 0 aliphatic carbocycles. The van der Waals surface area contributed by atoms with Crippen LogP contribution in [0.25, 0.3) is 0 Å². The van der Waals surface area contributed by atoms with E-state index in [1.54, 1.807) is 0 Å². The van der Waals surface area contributed by atoms with Gasteiger partial charge in [0, 0.05) is 13.1 Å². The fraction of sp³-hybridized carbons (Fsp3) is 0.143. The van der Waals surface area contributed by atoms with Crippen molar-refractivity contribution in [3.63, 3.8) is 0 Å². The molecule has 0 atom stereocenters. The first-order chi connectivity index (χ1) is 5.74. The van der Waals surface area contributed by atoms with Gasteiger partial charge in [-0.25, -0.2) is 0 Å². The van der Waals surface area contributed by atoms with Crippen LogP contribution in [-0.2, 0) is 4.79 Å². The van der Waals surface area contributed by atoms with Gasteiger partial charge in [-0.15, -0.1) is 4.91 Å². The van der Waals surface area contributed by atoms with Crippen molar-refractivity contribution in [1.29, 1.82) is 0 Å². The maximum absolute atomic E-state index is 10.6. The second kappa shape index (κ2) is 3.56. The van der Waals surface area contributed by atoms with Crippen LogP contribution in [0.3, 0.4) is 0 Å². The van der Waals surface area contributed by atoms with Gasteiger partial charge in [0.05, 0.1) is 11.9 Å². The fourth-order valence-corrected chi connectivity index (χ4v) is 0.754. The number of anilines is 1. The van der Waals surface area contributed by atoms with Crippen LogP contribution >= 0.6 is 0 Å². The van der Waals surface area contributed by atoms with Crippen molar-refractivity contribution >= 4 is 17.3 Å². The number of nitrogens with one attached hydrogen (secondary N) is 1. The number of aromatic nitrogens is 1. The molecule has 1 amide bonds. The predicted octanol–water partition coefficient (Wildman–Crippen LogP) is 1.44. The number of nitroso groups, excluding NO2 is 1. The largest absolute Gasteiger partial charge is 0.324 e. The lowest BCUT2D eigenvalue weighted by atomic mass is 10.3. The van der Waals surface area contributed by atoms with Crippen molar-refractivity contribution in [2.75, 3.05) is 5.32 Å². The molecule has 1 rings (SSSR count). The molecular weight excluding hydrogens is 158 g/mol. The Kier molecular flexibility index (Phi) is 2.47. The maximum atomic E-state index is 10.6. The van der Waals surface area contributed by atoms with Crippen LogP contribution in [0, 0.1) is 4.91 Å². The van der Waals surface area contributed by atoms with Gasteiger partial charge in [-0.1, -0.05) is 0 Å². The molecule has 1 aromatic rings. The Morgan fingerprint density at radius 3 is 3.00 bits per heavy atom. The summed E-state index contributed by atoms with van der Waals surface area (Å²) < 4.78 is 0. The molecule has 62 valence electrons. The van der Waals surface area contributed by atoms with Crippen molar-refractivity contribution in [3.05, 3.63) is 23.4 Å². The van der Waals surface area contributed by atoms with Crippen molar-refractivity contribution in [2.45, 2.75) is 6.92 Å². The zero-order valence-electron chi connectivity index (χ0n) is 6.44. The molecule has 0 unspecified atom stereocenters. The lowest BCUT2D eigenvalue weighted by Gasteiger charge is -2.01. The topological polar surface area (TPSA) is 71.4 Å². The summed E-state index contributed by atoms with van der Waals surface area (Å²) in [7, 11) is 0. The van der Waals surface area contributed by atoms with Gasteiger partial charge in [0.1, 0.15) is 5.69 Å². The second-order valence-corrected chi connectivity index (χ2v) is 2.17. The summed E-state index contributed by atoms with van der Waals surface area (Å²) in [6.07, 6.45) is 2.76. The summed E-state index contributed by atoms with van der Waals surface area (Å²) in [6, 6.07) is 1.51. The molecule has 0 aromatic carbocycles. The Bertz CT molecular complexity index is 311. The van der Waals surface area contributed by atoms with E-state index in [9.17, 15) is 9.70 Å². The summed E-state index contributed by atoms with van der Waals surface area (Å²) >= 11 is 0. The van der Waals surface area contributed by atoms with E-state index >= 15 is 0 Å². The predicted molar refractivity (Wildman–Crippen MR) is 44.0 cm³/mol. The summed E-state index contributed by atoms with van der Waals surface area (Å²) in [5.41, 5.74) is 0.514. The highest BCUT2D eigenvalue weighted by Gasteiger charge is 2.02. The lowest BCUT2D eigenvalue weighted by molar-refractivity contribution is -0.114. The van der Waals surface area contributed by atoms with Crippen molar-refractivity contribution < 1.29 is 4.79 Å². The zero-order chi connectivity index (χ0) is 8.97. The number of pyridine rings is 1. The van der Waals surface area contributed by atoms with E-state index in [2.05, 4.69) is 15.5 Å². The van der Waals surface area contributed by atoms with Gasteiger partial charge < -0.3 is 5.32 Å². The van der Waals surface area contributed by atoms with Crippen LogP contribution in [0.15, 0.2) is 23.6 Å². The van der Waals surface area contributed by atoms with Gasteiger partial charge in [-0.2, -0.15) is 0 Å². The molecule has 0 radical (unpaired) electrons. The molecule has 5 nitrogen and oxygen atoms in total. The number of carbonyl (C=O) groups is 1. The summed E-state index contributed by atoms with van der Waals surface area (Å²) in [5.74, 6) is -0.244. The second-order valence-electron chi connectivity index (χ2n) is 2.17. The summed E-state index contributed by atoms with van der Waals surface area (Å²) in [6.45, 7) is 1.36. The fourth-order valence-electron chi connectivity index (χ4n) is 0.754. The van der Waals surface area contributed by atoms with E-state index in [1.165, 1.54) is 25.4 Å². The SMILES string of the molecule is CC(=O)Nc1ccncc1N=O. The van der Waals surface area contributed by atoms with E-state index in [0.29, 0.717) is 5.69 Å². The van der Waals surface area contributed by atoms with Crippen molar-refractivity contribution in [2.24, 2.45) is 5.18 Å². The molecule has 1 N–H and O–H groups in total. The van der Waals surface area contributed by atoms with Crippen LogP contribution in [0.1, 0.15) is 6.92 Å².